The van der Waals surface area contributed by atoms with E-state index in [1.54, 1.807) is 0 Å². The molecule has 2 aliphatic rings. The van der Waals surface area contributed by atoms with Crippen LogP contribution in [0.25, 0.3) is 0 Å². The fourth-order valence-corrected chi connectivity index (χ4v) is 3.23. The average Bonchev–Trinajstić information content (AvgIpc) is 2.60. The zero-order valence-corrected chi connectivity index (χ0v) is 14.5. The number of aliphatic hydroxyl groups is 2. The van der Waals surface area contributed by atoms with Crippen molar-refractivity contribution < 1.29 is 10.2 Å². The highest BCUT2D eigenvalue weighted by atomic mass is 16.3. The third-order valence-electron chi connectivity index (χ3n) is 6.94. The highest BCUT2D eigenvalue weighted by Crippen LogP contribution is 2.49. The second-order valence-corrected chi connectivity index (χ2v) is 8.58. The smallest absolute Gasteiger partial charge is 0.0685 e. The lowest BCUT2D eigenvalue weighted by molar-refractivity contribution is -0.0395. The Morgan fingerprint density at radius 2 is 1.20 bits per heavy atom. The maximum atomic E-state index is 9.89. The van der Waals surface area contributed by atoms with Gasteiger partial charge < -0.3 is 15.9 Å². The summed E-state index contributed by atoms with van der Waals surface area (Å²) in [5.74, 6) is 0.655. The highest BCUT2D eigenvalue weighted by Gasteiger charge is 2.49. The van der Waals surface area contributed by atoms with Gasteiger partial charge >= 0.3 is 0 Å². The van der Waals surface area contributed by atoms with Gasteiger partial charge in [-0.25, -0.2) is 0 Å². The number of hydrogen-bond acceptors (Lipinski definition) is 3. The molecule has 3 nitrogen and oxygen atoms in total. The Balaban J connectivity index is 0.000000200. The van der Waals surface area contributed by atoms with Gasteiger partial charge in [-0.15, -0.1) is 0 Å². The van der Waals surface area contributed by atoms with Crippen molar-refractivity contribution in [3.05, 3.63) is 0 Å². The SMILES string of the molecule is CC1(C)[C@H](N)CC[C@@]1(C)O.CC1CC[C@@](C)(O)C1(C)C. The molecule has 0 heterocycles. The third kappa shape index (κ3) is 2.90. The Hall–Kier alpha value is -0.120. The standard InChI is InChI=1S/C9H18O.C8H17NO/c1-7-5-6-9(4,10)8(7,2)3;1-7(2)6(9)4-5-8(7,3)10/h7,10H,5-6H2,1-4H3;6,10H,4-5,9H2,1-3H3/t7?,9-;6-,8-/m11/s1. The van der Waals surface area contributed by atoms with Crippen molar-refractivity contribution in [3.63, 3.8) is 0 Å². The molecule has 0 aromatic carbocycles. The van der Waals surface area contributed by atoms with Gasteiger partial charge in [-0.2, -0.15) is 0 Å². The summed E-state index contributed by atoms with van der Waals surface area (Å²) in [7, 11) is 0. The van der Waals surface area contributed by atoms with Crippen molar-refractivity contribution in [2.24, 2.45) is 22.5 Å². The fourth-order valence-electron chi connectivity index (χ4n) is 3.23. The van der Waals surface area contributed by atoms with Gasteiger partial charge in [0.05, 0.1) is 11.2 Å². The lowest BCUT2D eigenvalue weighted by Crippen LogP contribution is -2.45. The van der Waals surface area contributed by atoms with E-state index in [4.69, 9.17) is 5.73 Å². The molecule has 2 rings (SSSR count). The molecular weight excluding hydrogens is 250 g/mol. The Morgan fingerprint density at radius 1 is 0.800 bits per heavy atom. The quantitative estimate of drug-likeness (QED) is 0.641. The van der Waals surface area contributed by atoms with Gasteiger partial charge in [-0.3, -0.25) is 0 Å². The molecule has 4 N–H and O–H groups in total. The first-order valence-corrected chi connectivity index (χ1v) is 7.96. The summed E-state index contributed by atoms with van der Waals surface area (Å²) in [5.41, 5.74) is 4.81. The average molecular weight is 285 g/mol. The van der Waals surface area contributed by atoms with Gasteiger partial charge in [-0.1, -0.05) is 34.6 Å². The van der Waals surface area contributed by atoms with Crippen molar-refractivity contribution in [1.29, 1.82) is 0 Å². The molecule has 2 saturated carbocycles. The van der Waals surface area contributed by atoms with Gasteiger partial charge in [0.1, 0.15) is 0 Å². The van der Waals surface area contributed by atoms with Crippen LogP contribution in [0.5, 0.6) is 0 Å². The van der Waals surface area contributed by atoms with E-state index >= 15 is 0 Å². The van der Waals surface area contributed by atoms with Crippen molar-refractivity contribution in [2.75, 3.05) is 0 Å². The van der Waals surface area contributed by atoms with Crippen LogP contribution in [0.3, 0.4) is 0 Å². The van der Waals surface area contributed by atoms with E-state index in [-0.39, 0.29) is 16.9 Å². The van der Waals surface area contributed by atoms with Crippen molar-refractivity contribution in [1.82, 2.24) is 0 Å². The lowest BCUT2D eigenvalue weighted by atomic mass is 9.74. The van der Waals surface area contributed by atoms with E-state index < -0.39 is 11.2 Å². The molecule has 3 heteroatoms. The van der Waals surface area contributed by atoms with Gasteiger partial charge in [-0.05, 0) is 50.9 Å². The first kappa shape index (κ1) is 17.9. The summed E-state index contributed by atoms with van der Waals surface area (Å²) in [6, 6.07) is 0.155. The first-order valence-electron chi connectivity index (χ1n) is 7.96. The molecule has 2 fully saturated rings. The Kier molecular flexibility index (Phi) is 4.71. The Labute approximate surface area is 125 Å². The molecular formula is C17H35NO2. The van der Waals surface area contributed by atoms with Crippen LogP contribution in [0.4, 0.5) is 0 Å². The molecule has 20 heavy (non-hydrogen) atoms. The van der Waals surface area contributed by atoms with E-state index in [2.05, 4.69) is 20.8 Å². The van der Waals surface area contributed by atoms with Crippen molar-refractivity contribution >= 4 is 0 Å². The van der Waals surface area contributed by atoms with Crippen LogP contribution >= 0.6 is 0 Å². The van der Waals surface area contributed by atoms with Crippen molar-refractivity contribution in [3.8, 4) is 0 Å². The monoisotopic (exact) mass is 285 g/mol. The minimum absolute atomic E-state index is 0.104. The summed E-state index contributed by atoms with van der Waals surface area (Å²) in [6.07, 6.45) is 3.91. The van der Waals surface area contributed by atoms with Crippen LogP contribution in [0.1, 0.15) is 74.1 Å². The maximum absolute atomic E-state index is 9.89. The summed E-state index contributed by atoms with van der Waals surface area (Å²) < 4.78 is 0. The predicted molar refractivity (Wildman–Crippen MR) is 84.4 cm³/mol. The summed E-state index contributed by atoms with van der Waals surface area (Å²) in [6.45, 7) is 14.4. The summed E-state index contributed by atoms with van der Waals surface area (Å²) in [4.78, 5) is 0. The van der Waals surface area contributed by atoms with Gasteiger partial charge in [0.2, 0.25) is 0 Å². The van der Waals surface area contributed by atoms with Gasteiger partial charge in [0.25, 0.3) is 0 Å². The lowest BCUT2D eigenvalue weighted by Gasteiger charge is -2.36. The highest BCUT2D eigenvalue weighted by molar-refractivity contribution is 5.03. The maximum Gasteiger partial charge on any atom is 0.0685 e. The molecule has 0 aliphatic heterocycles. The summed E-state index contributed by atoms with van der Waals surface area (Å²) >= 11 is 0. The molecule has 0 bridgehead atoms. The van der Waals surface area contributed by atoms with Crippen LogP contribution in [-0.2, 0) is 0 Å². The van der Waals surface area contributed by atoms with E-state index in [0.717, 1.165) is 19.3 Å². The molecule has 1 unspecified atom stereocenters. The molecule has 0 saturated heterocycles. The van der Waals surface area contributed by atoms with E-state index in [1.807, 2.05) is 27.7 Å². The number of hydrogen-bond donors (Lipinski definition) is 3. The Morgan fingerprint density at radius 3 is 1.30 bits per heavy atom. The topological polar surface area (TPSA) is 66.5 Å². The largest absolute Gasteiger partial charge is 0.390 e. The van der Waals surface area contributed by atoms with Crippen LogP contribution in [0.2, 0.25) is 0 Å². The molecule has 120 valence electrons. The fraction of sp³-hybridized carbons (Fsp3) is 1.00. The Bertz CT molecular complexity index is 311. The second kappa shape index (κ2) is 5.26. The van der Waals surface area contributed by atoms with Crippen LogP contribution in [0.15, 0.2) is 0 Å². The molecule has 0 radical (unpaired) electrons. The molecule has 4 atom stereocenters. The number of rotatable bonds is 0. The number of nitrogens with two attached hydrogens (primary N) is 1. The summed E-state index contributed by atoms with van der Waals surface area (Å²) in [5, 5.41) is 19.7. The zero-order valence-electron chi connectivity index (χ0n) is 14.5. The minimum atomic E-state index is -0.563. The third-order valence-corrected chi connectivity index (χ3v) is 6.94. The van der Waals surface area contributed by atoms with Gasteiger partial charge in [0, 0.05) is 11.5 Å². The van der Waals surface area contributed by atoms with Crippen LogP contribution in [0, 0.1) is 16.7 Å². The molecule has 2 aliphatic carbocycles. The van der Waals surface area contributed by atoms with Crippen LogP contribution in [-0.4, -0.2) is 27.5 Å². The molecule has 0 aromatic rings. The molecule has 0 aromatic heterocycles. The van der Waals surface area contributed by atoms with E-state index in [0.29, 0.717) is 5.92 Å². The van der Waals surface area contributed by atoms with Gasteiger partial charge in [0.15, 0.2) is 0 Å². The molecule has 0 spiro atoms. The van der Waals surface area contributed by atoms with E-state index in [9.17, 15) is 10.2 Å². The van der Waals surface area contributed by atoms with E-state index in [1.165, 1.54) is 6.42 Å². The molecule has 0 amide bonds. The van der Waals surface area contributed by atoms with Crippen molar-refractivity contribution in [2.45, 2.75) is 91.4 Å². The zero-order chi connectivity index (χ0) is 16.0. The van der Waals surface area contributed by atoms with Crippen LogP contribution < -0.4 is 5.73 Å². The second-order valence-electron chi connectivity index (χ2n) is 8.58. The predicted octanol–water partition coefficient (Wildman–Crippen LogP) is 3.08. The minimum Gasteiger partial charge on any atom is -0.390 e. The normalized spacial score (nSPS) is 45.9. The first-order chi connectivity index (χ1) is 8.76.